The fraction of sp³-hybridized carbons (Fsp3) is 0.267. The second-order valence-corrected chi connectivity index (χ2v) is 6.31. The van der Waals surface area contributed by atoms with Crippen molar-refractivity contribution in [1.82, 2.24) is 9.97 Å². The zero-order valence-electron chi connectivity index (χ0n) is 12.5. The van der Waals surface area contributed by atoms with Gasteiger partial charge in [0, 0.05) is 5.56 Å². The number of phenolic OH excluding ortho intramolecular Hbond substituents is 1. The van der Waals surface area contributed by atoms with Crippen LogP contribution < -0.4 is 11.5 Å². The fourth-order valence-electron chi connectivity index (χ4n) is 2.01. The molecule has 0 saturated heterocycles. The number of nitrogens with zero attached hydrogens (tertiary/aromatic N) is 3. The first-order valence-corrected chi connectivity index (χ1v) is 6.89. The Balaban J connectivity index is 2.84. The van der Waals surface area contributed by atoms with Crippen molar-refractivity contribution < 1.29 is 5.11 Å². The predicted molar refractivity (Wildman–Crippen MR) is 86.4 cm³/mol. The van der Waals surface area contributed by atoms with Gasteiger partial charge in [0.15, 0.2) is 0 Å². The van der Waals surface area contributed by atoms with Crippen LogP contribution in [0.4, 0.5) is 11.8 Å². The van der Waals surface area contributed by atoms with Crippen LogP contribution in [0.1, 0.15) is 31.9 Å². The van der Waals surface area contributed by atoms with Gasteiger partial charge in [-0.3, -0.25) is 0 Å². The lowest BCUT2D eigenvalue weighted by atomic mass is 9.85. The van der Waals surface area contributed by atoms with Gasteiger partial charge >= 0.3 is 0 Å². The zero-order chi connectivity index (χ0) is 16.7. The van der Waals surface area contributed by atoms with Gasteiger partial charge in [0.25, 0.3) is 0 Å². The van der Waals surface area contributed by atoms with Crippen LogP contribution in [-0.4, -0.2) is 15.1 Å². The third kappa shape index (κ3) is 2.76. The van der Waals surface area contributed by atoms with Crippen LogP contribution >= 0.6 is 11.6 Å². The standard InChI is InChI=1S/C15H16ClN5O/c1-15(2,3)7-4-8(12(22)10(16)5-7)11-9(6-17)13(18)21-14(19)20-11/h4-5,22H,1-3H3,(H4,18,19,20,21). The van der Waals surface area contributed by atoms with Crippen LogP contribution in [0.3, 0.4) is 0 Å². The van der Waals surface area contributed by atoms with Crippen molar-refractivity contribution in [2.24, 2.45) is 0 Å². The summed E-state index contributed by atoms with van der Waals surface area (Å²) in [6.07, 6.45) is 0. The van der Waals surface area contributed by atoms with Crippen LogP contribution in [0, 0.1) is 11.3 Å². The van der Waals surface area contributed by atoms with Crippen molar-refractivity contribution in [3.63, 3.8) is 0 Å². The molecule has 0 unspecified atom stereocenters. The summed E-state index contributed by atoms with van der Waals surface area (Å²) in [5.74, 6) is -0.298. The number of halogens is 1. The van der Waals surface area contributed by atoms with E-state index < -0.39 is 0 Å². The predicted octanol–water partition coefficient (Wildman–Crippen LogP) is 2.84. The van der Waals surface area contributed by atoms with E-state index in [2.05, 4.69) is 9.97 Å². The molecule has 0 radical (unpaired) electrons. The second-order valence-electron chi connectivity index (χ2n) is 5.91. The van der Waals surface area contributed by atoms with Crippen LogP contribution in [0.5, 0.6) is 5.75 Å². The number of benzene rings is 1. The van der Waals surface area contributed by atoms with E-state index in [-0.39, 0.29) is 39.2 Å². The van der Waals surface area contributed by atoms with Crippen molar-refractivity contribution in [2.75, 3.05) is 11.5 Å². The van der Waals surface area contributed by atoms with Gasteiger partial charge in [-0.2, -0.15) is 10.2 Å². The summed E-state index contributed by atoms with van der Waals surface area (Å²) in [5, 5.41) is 19.7. The van der Waals surface area contributed by atoms with Crippen molar-refractivity contribution in [3.05, 3.63) is 28.3 Å². The minimum absolute atomic E-state index is 0.0401. The molecule has 2 rings (SSSR count). The highest BCUT2D eigenvalue weighted by molar-refractivity contribution is 6.32. The van der Waals surface area contributed by atoms with Gasteiger partial charge in [-0.1, -0.05) is 32.4 Å². The Bertz CT molecular complexity index is 790. The van der Waals surface area contributed by atoms with Gasteiger partial charge in [-0.25, -0.2) is 4.98 Å². The SMILES string of the molecule is CC(C)(C)c1cc(Cl)c(O)c(-c2nc(N)nc(N)c2C#N)c1. The minimum atomic E-state index is -0.205. The molecule has 0 aliphatic carbocycles. The highest BCUT2D eigenvalue weighted by Crippen LogP contribution is 2.40. The fourth-order valence-corrected chi connectivity index (χ4v) is 2.23. The number of anilines is 2. The van der Waals surface area contributed by atoms with Crippen molar-refractivity contribution in [2.45, 2.75) is 26.2 Å². The molecule has 0 bridgehead atoms. The molecule has 0 atom stereocenters. The van der Waals surface area contributed by atoms with Crippen LogP contribution in [0.2, 0.25) is 5.02 Å². The molecule has 5 N–H and O–H groups in total. The molecule has 0 saturated carbocycles. The lowest BCUT2D eigenvalue weighted by molar-refractivity contribution is 0.476. The van der Waals surface area contributed by atoms with E-state index in [4.69, 9.17) is 23.1 Å². The maximum atomic E-state index is 10.3. The van der Waals surface area contributed by atoms with Gasteiger partial charge in [0.2, 0.25) is 5.95 Å². The maximum Gasteiger partial charge on any atom is 0.222 e. The van der Waals surface area contributed by atoms with E-state index in [1.54, 1.807) is 12.1 Å². The molecule has 22 heavy (non-hydrogen) atoms. The summed E-state index contributed by atoms with van der Waals surface area (Å²) in [4.78, 5) is 7.81. The lowest BCUT2D eigenvalue weighted by Crippen LogP contribution is -2.11. The summed E-state index contributed by atoms with van der Waals surface area (Å²) >= 11 is 6.11. The number of aromatic hydroxyl groups is 1. The Hall–Kier alpha value is -2.52. The van der Waals surface area contributed by atoms with Gasteiger partial charge < -0.3 is 16.6 Å². The van der Waals surface area contributed by atoms with E-state index in [0.717, 1.165) is 5.56 Å². The largest absolute Gasteiger partial charge is 0.506 e. The number of hydrogen-bond donors (Lipinski definition) is 3. The van der Waals surface area contributed by atoms with Crippen LogP contribution in [-0.2, 0) is 5.41 Å². The molecule has 0 fully saturated rings. The van der Waals surface area contributed by atoms with E-state index >= 15 is 0 Å². The molecule has 114 valence electrons. The minimum Gasteiger partial charge on any atom is -0.506 e. The Labute approximate surface area is 133 Å². The topological polar surface area (TPSA) is 122 Å². The van der Waals surface area contributed by atoms with Crippen molar-refractivity contribution in [3.8, 4) is 23.1 Å². The molecule has 0 aliphatic rings. The number of rotatable bonds is 1. The molecule has 0 spiro atoms. The highest BCUT2D eigenvalue weighted by Gasteiger charge is 2.22. The molecule has 0 amide bonds. The average molecular weight is 318 g/mol. The van der Waals surface area contributed by atoms with E-state index in [1.807, 2.05) is 26.8 Å². The quantitative estimate of drug-likeness (QED) is 0.743. The number of nitriles is 1. The average Bonchev–Trinajstić information content (AvgIpc) is 2.39. The molecular weight excluding hydrogens is 302 g/mol. The van der Waals surface area contributed by atoms with E-state index in [9.17, 15) is 10.4 Å². The van der Waals surface area contributed by atoms with Crippen molar-refractivity contribution >= 4 is 23.4 Å². The summed E-state index contributed by atoms with van der Waals surface area (Å²) in [6.45, 7) is 6.02. The van der Waals surface area contributed by atoms with Gasteiger partial charge in [-0.15, -0.1) is 0 Å². The second kappa shape index (κ2) is 5.35. The Kier molecular flexibility index (Phi) is 3.86. The molecule has 2 aromatic rings. The smallest absolute Gasteiger partial charge is 0.222 e. The zero-order valence-corrected chi connectivity index (χ0v) is 13.2. The van der Waals surface area contributed by atoms with Crippen molar-refractivity contribution in [1.29, 1.82) is 5.26 Å². The van der Waals surface area contributed by atoms with Gasteiger partial charge in [0.05, 0.1) is 10.7 Å². The first kappa shape index (κ1) is 15.9. The molecule has 1 heterocycles. The monoisotopic (exact) mass is 317 g/mol. The number of hydrogen-bond acceptors (Lipinski definition) is 6. The molecule has 6 nitrogen and oxygen atoms in total. The van der Waals surface area contributed by atoms with E-state index in [1.165, 1.54) is 0 Å². The summed E-state index contributed by atoms with van der Waals surface area (Å²) in [6, 6.07) is 5.34. The molecule has 0 aliphatic heterocycles. The molecule has 1 aromatic carbocycles. The first-order valence-electron chi connectivity index (χ1n) is 6.51. The molecule has 1 aromatic heterocycles. The van der Waals surface area contributed by atoms with Crippen LogP contribution in [0.15, 0.2) is 12.1 Å². The summed E-state index contributed by atoms with van der Waals surface area (Å²) < 4.78 is 0. The van der Waals surface area contributed by atoms with Crippen LogP contribution in [0.25, 0.3) is 11.3 Å². The van der Waals surface area contributed by atoms with Gasteiger partial charge in [-0.05, 0) is 23.1 Å². The molecule has 7 heteroatoms. The molecular formula is C15H16ClN5O. The summed E-state index contributed by atoms with van der Waals surface area (Å²) in [7, 11) is 0. The third-order valence-electron chi connectivity index (χ3n) is 3.25. The third-order valence-corrected chi connectivity index (χ3v) is 3.54. The normalized spacial score (nSPS) is 11.2. The Morgan fingerprint density at radius 3 is 2.41 bits per heavy atom. The Morgan fingerprint density at radius 1 is 1.23 bits per heavy atom. The Morgan fingerprint density at radius 2 is 1.86 bits per heavy atom. The van der Waals surface area contributed by atoms with E-state index in [0.29, 0.717) is 5.56 Å². The maximum absolute atomic E-state index is 10.3. The first-order chi connectivity index (χ1) is 10.1. The number of phenols is 1. The number of aromatic nitrogens is 2. The highest BCUT2D eigenvalue weighted by atomic mass is 35.5. The number of nitrogens with two attached hydrogens (primary N) is 2. The lowest BCUT2D eigenvalue weighted by Gasteiger charge is -2.21. The van der Waals surface area contributed by atoms with Gasteiger partial charge in [0.1, 0.15) is 23.2 Å². The number of nitrogen functional groups attached to an aromatic ring is 2. The summed E-state index contributed by atoms with van der Waals surface area (Å²) in [5.41, 5.74) is 12.5.